The van der Waals surface area contributed by atoms with E-state index in [1.807, 2.05) is 19.2 Å². The molecule has 0 aliphatic rings. The number of benzene rings is 1. The number of carboxylic acids is 1. The second kappa shape index (κ2) is 6.12. The summed E-state index contributed by atoms with van der Waals surface area (Å²) in [7, 11) is 1.93. The van der Waals surface area contributed by atoms with Crippen molar-refractivity contribution in [1.29, 1.82) is 0 Å². The molecule has 0 aromatic heterocycles. The minimum Gasteiger partial charge on any atom is -0.482 e. The molecule has 0 saturated heterocycles. The van der Waals surface area contributed by atoms with Crippen LogP contribution in [0.1, 0.15) is 12.5 Å². The third kappa shape index (κ3) is 4.31. The lowest BCUT2D eigenvalue weighted by molar-refractivity contribution is -0.139. The molecule has 1 rings (SSSR count). The van der Waals surface area contributed by atoms with Gasteiger partial charge in [-0.1, -0.05) is 12.1 Å². The smallest absolute Gasteiger partial charge is 0.341 e. The first kappa shape index (κ1) is 12.5. The van der Waals surface area contributed by atoms with Crippen molar-refractivity contribution < 1.29 is 14.6 Å². The monoisotopic (exact) mass is 223 g/mol. The van der Waals surface area contributed by atoms with Gasteiger partial charge in [0.2, 0.25) is 0 Å². The number of rotatable bonds is 6. The molecule has 1 aromatic carbocycles. The Kier molecular flexibility index (Phi) is 4.79. The van der Waals surface area contributed by atoms with Gasteiger partial charge in [0.1, 0.15) is 5.75 Å². The van der Waals surface area contributed by atoms with Crippen LogP contribution in [0.25, 0.3) is 0 Å². The third-order valence-corrected chi connectivity index (χ3v) is 2.32. The van der Waals surface area contributed by atoms with Crippen LogP contribution >= 0.6 is 0 Å². The van der Waals surface area contributed by atoms with Crippen LogP contribution in [0, 0.1) is 0 Å². The van der Waals surface area contributed by atoms with Crippen LogP contribution in [-0.4, -0.2) is 30.8 Å². The average Bonchev–Trinajstić information content (AvgIpc) is 2.28. The van der Waals surface area contributed by atoms with Crippen molar-refractivity contribution in [3.63, 3.8) is 0 Å². The molecule has 0 radical (unpaired) electrons. The van der Waals surface area contributed by atoms with Crippen molar-refractivity contribution in [2.24, 2.45) is 0 Å². The van der Waals surface area contributed by atoms with Crippen LogP contribution < -0.4 is 10.1 Å². The van der Waals surface area contributed by atoms with E-state index in [1.54, 1.807) is 12.1 Å². The van der Waals surface area contributed by atoms with Gasteiger partial charge in [0.25, 0.3) is 0 Å². The molecule has 0 bridgehead atoms. The van der Waals surface area contributed by atoms with Gasteiger partial charge in [-0.2, -0.15) is 0 Å². The summed E-state index contributed by atoms with van der Waals surface area (Å²) in [6, 6.07) is 7.91. The highest BCUT2D eigenvalue weighted by atomic mass is 16.5. The second-order valence-electron chi connectivity index (χ2n) is 3.72. The van der Waals surface area contributed by atoms with Gasteiger partial charge in [0.05, 0.1) is 0 Å². The Morgan fingerprint density at radius 3 is 2.56 bits per heavy atom. The van der Waals surface area contributed by atoms with E-state index in [2.05, 4.69) is 12.2 Å². The van der Waals surface area contributed by atoms with Crippen molar-refractivity contribution in [2.75, 3.05) is 13.7 Å². The predicted octanol–water partition coefficient (Wildman–Crippen LogP) is 1.30. The lowest BCUT2D eigenvalue weighted by Gasteiger charge is -2.10. The summed E-state index contributed by atoms with van der Waals surface area (Å²) in [6.45, 7) is 1.81. The largest absolute Gasteiger partial charge is 0.482 e. The van der Waals surface area contributed by atoms with Gasteiger partial charge in [0, 0.05) is 6.04 Å². The molecular formula is C12H17NO3. The molecule has 4 nitrogen and oxygen atoms in total. The fourth-order valence-electron chi connectivity index (χ4n) is 1.32. The van der Waals surface area contributed by atoms with Crippen molar-refractivity contribution in [3.8, 4) is 5.75 Å². The Balaban J connectivity index is 2.50. The van der Waals surface area contributed by atoms with Crippen LogP contribution in [0.4, 0.5) is 0 Å². The first-order chi connectivity index (χ1) is 7.61. The highest BCUT2D eigenvalue weighted by Gasteiger charge is 2.02. The SMILES string of the molecule is CN[C@@H](C)Cc1ccc(OCC(=O)O)cc1. The summed E-state index contributed by atoms with van der Waals surface area (Å²) >= 11 is 0. The maximum atomic E-state index is 10.3. The number of likely N-dealkylation sites (N-methyl/N-ethyl adjacent to an activating group) is 1. The topological polar surface area (TPSA) is 58.6 Å². The molecular weight excluding hydrogens is 206 g/mol. The maximum absolute atomic E-state index is 10.3. The number of hydrogen-bond acceptors (Lipinski definition) is 3. The second-order valence-corrected chi connectivity index (χ2v) is 3.72. The maximum Gasteiger partial charge on any atom is 0.341 e. The highest BCUT2D eigenvalue weighted by molar-refractivity contribution is 5.68. The molecule has 16 heavy (non-hydrogen) atoms. The molecule has 0 heterocycles. The van der Waals surface area contributed by atoms with Crippen LogP contribution in [0.3, 0.4) is 0 Å². The Labute approximate surface area is 95.2 Å². The molecule has 2 N–H and O–H groups in total. The molecule has 1 atom stereocenters. The number of carbonyl (C=O) groups is 1. The number of hydrogen-bond donors (Lipinski definition) is 2. The quantitative estimate of drug-likeness (QED) is 0.763. The molecule has 1 aromatic rings. The lowest BCUT2D eigenvalue weighted by Crippen LogP contribution is -2.23. The van der Waals surface area contributed by atoms with Crippen molar-refractivity contribution in [2.45, 2.75) is 19.4 Å². The van der Waals surface area contributed by atoms with Gasteiger partial charge in [-0.3, -0.25) is 0 Å². The lowest BCUT2D eigenvalue weighted by atomic mass is 10.1. The molecule has 0 spiro atoms. The van der Waals surface area contributed by atoms with Gasteiger partial charge in [-0.05, 0) is 38.1 Å². The normalized spacial score (nSPS) is 12.1. The highest BCUT2D eigenvalue weighted by Crippen LogP contribution is 2.13. The average molecular weight is 223 g/mol. The van der Waals surface area contributed by atoms with Crippen molar-refractivity contribution in [1.82, 2.24) is 5.32 Å². The summed E-state index contributed by atoms with van der Waals surface area (Å²) in [6.07, 6.45) is 0.940. The minimum atomic E-state index is -0.965. The Morgan fingerprint density at radius 2 is 2.06 bits per heavy atom. The first-order valence-electron chi connectivity index (χ1n) is 5.22. The summed E-state index contributed by atoms with van der Waals surface area (Å²) in [5.41, 5.74) is 1.20. The standard InChI is InChI=1S/C12H17NO3/c1-9(13-2)7-10-3-5-11(6-4-10)16-8-12(14)15/h3-6,9,13H,7-8H2,1-2H3,(H,14,15)/t9-/m0/s1. The van der Waals surface area contributed by atoms with E-state index < -0.39 is 5.97 Å². The number of ether oxygens (including phenoxy) is 1. The third-order valence-electron chi connectivity index (χ3n) is 2.32. The fourth-order valence-corrected chi connectivity index (χ4v) is 1.32. The van der Waals surface area contributed by atoms with E-state index in [0.29, 0.717) is 11.8 Å². The van der Waals surface area contributed by atoms with Crippen LogP contribution in [0.5, 0.6) is 5.75 Å². The Morgan fingerprint density at radius 1 is 1.44 bits per heavy atom. The molecule has 0 amide bonds. The van der Waals surface area contributed by atoms with Crippen LogP contribution in [0.15, 0.2) is 24.3 Å². The zero-order chi connectivity index (χ0) is 12.0. The van der Waals surface area contributed by atoms with Gasteiger partial charge in [-0.15, -0.1) is 0 Å². The number of aliphatic carboxylic acids is 1. The van der Waals surface area contributed by atoms with Gasteiger partial charge >= 0.3 is 5.97 Å². The number of nitrogens with one attached hydrogen (secondary N) is 1. The molecule has 0 unspecified atom stereocenters. The van der Waals surface area contributed by atoms with E-state index in [0.717, 1.165) is 6.42 Å². The van der Waals surface area contributed by atoms with Crippen molar-refractivity contribution in [3.05, 3.63) is 29.8 Å². The number of carboxylic acid groups (broad SMARTS) is 1. The predicted molar refractivity (Wildman–Crippen MR) is 61.8 cm³/mol. The molecule has 4 heteroatoms. The molecule has 0 aliphatic carbocycles. The van der Waals surface area contributed by atoms with Gasteiger partial charge in [0.15, 0.2) is 6.61 Å². The molecule has 0 aliphatic heterocycles. The van der Waals surface area contributed by atoms with Crippen LogP contribution in [-0.2, 0) is 11.2 Å². The molecule has 0 saturated carbocycles. The fraction of sp³-hybridized carbons (Fsp3) is 0.417. The zero-order valence-electron chi connectivity index (χ0n) is 9.56. The molecule has 88 valence electrons. The summed E-state index contributed by atoms with van der Waals surface area (Å²) in [5, 5.41) is 11.6. The molecule has 0 fully saturated rings. The Bertz CT molecular complexity index is 335. The first-order valence-corrected chi connectivity index (χ1v) is 5.22. The summed E-state index contributed by atoms with van der Waals surface area (Å²) in [4.78, 5) is 10.3. The van der Waals surface area contributed by atoms with Gasteiger partial charge < -0.3 is 15.2 Å². The van der Waals surface area contributed by atoms with E-state index >= 15 is 0 Å². The summed E-state index contributed by atoms with van der Waals surface area (Å²) < 4.78 is 5.04. The van der Waals surface area contributed by atoms with E-state index in [1.165, 1.54) is 5.56 Å². The van der Waals surface area contributed by atoms with Gasteiger partial charge in [-0.25, -0.2) is 4.79 Å². The van der Waals surface area contributed by atoms with Crippen LogP contribution in [0.2, 0.25) is 0 Å². The minimum absolute atomic E-state index is 0.299. The van der Waals surface area contributed by atoms with E-state index in [4.69, 9.17) is 9.84 Å². The van der Waals surface area contributed by atoms with E-state index in [9.17, 15) is 4.79 Å². The Hall–Kier alpha value is -1.55. The van der Waals surface area contributed by atoms with E-state index in [-0.39, 0.29) is 6.61 Å². The zero-order valence-corrected chi connectivity index (χ0v) is 9.56. The van der Waals surface area contributed by atoms with Crippen molar-refractivity contribution >= 4 is 5.97 Å². The summed E-state index contributed by atoms with van der Waals surface area (Å²) in [5.74, 6) is -0.379.